The van der Waals surface area contributed by atoms with Gasteiger partial charge in [-0.2, -0.15) is 4.31 Å². The van der Waals surface area contributed by atoms with Crippen molar-refractivity contribution in [3.8, 4) is 10.6 Å². The monoisotopic (exact) mass is 431 g/mol. The molecule has 0 radical (unpaired) electrons. The van der Waals surface area contributed by atoms with Gasteiger partial charge in [0.05, 0.1) is 26.0 Å². The average Bonchev–Trinajstić information content (AvgIpc) is 2.66. The van der Waals surface area contributed by atoms with Gasteiger partial charge in [-0.05, 0) is 57.0 Å². The summed E-state index contributed by atoms with van der Waals surface area (Å²) in [4.78, 5) is 19.9. The zero-order valence-corrected chi connectivity index (χ0v) is 18.7. The molecule has 154 valence electrons. The second-order valence-corrected chi connectivity index (χ2v) is 11.5. The molecule has 0 atom stereocenters. The van der Waals surface area contributed by atoms with Crippen molar-refractivity contribution in [1.29, 1.82) is 0 Å². The highest BCUT2D eigenvalue weighted by atomic mass is 32.2. The molecule has 2 heterocycles. The van der Waals surface area contributed by atoms with Crippen LogP contribution in [0.25, 0.3) is 20.8 Å². The molecule has 29 heavy (non-hydrogen) atoms. The maximum atomic E-state index is 12.4. The second-order valence-electron chi connectivity index (χ2n) is 7.89. The third kappa shape index (κ3) is 3.65. The molecular weight excluding hydrogens is 406 g/mol. The first kappa shape index (κ1) is 20.3. The molecule has 0 aromatic heterocycles. The normalized spacial score (nSPS) is 16.2. The van der Waals surface area contributed by atoms with Crippen molar-refractivity contribution in [2.24, 2.45) is 0 Å². The maximum Gasteiger partial charge on any atom is 0.216 e. The van der Waals surface area contributed by atoms with Crippen LogP contribution in [-0.4, -0.2) is 49.1 Å². The summed E-state index contributed by atoms with van der Waals surface area (Å²) >= 11 is 1.59. The summed E-state index contributed by atoms with van der Waals surface area (Å²) in [5.74, 6) is 0. The van der Waals surface area contributed by atoms with Crippen LogP contribution in [0, 0.1) is 13.8 Å². The number of fused-ring (bicyclic) bond motifs is 2. The Morgan fingerprint density at radius 3 is 2.34 bits per heavy atom. The molecule has 1 aromatic carbocycles. The Labute approximate surface area is 175 Å². The molecule has 0 bridgehead atoms. The lowest BCUT2D eigenvalue weighted by Gasteiger charge is -2.36. The van der Waals surface area contributed by atoms with E-state index in [1.807, 2.05) is 13.8 Å². The number of rotatable bonds is 3. The second kappa shape index (κ2) is 7.34. The Hall–Kier alpha value is -2.03. The molecule has 0 N–H and O–H groups in total. The van der Waals surface area contributed by atoms with E-state index in [2.05, 4.69) is 17.0 Å². The first-order valence-electron chi connectivity index (χ1n) is 9.76. The minimum absolute atomic E-state index is 0.00256. The van der Waals surface area contributed by atoms with Crippen molar-refractivity contribution >= 4 is 37.3 Å². The van der Waals surface area contributed by atoms with Crippen molar-refractivity contribution in [3.63, 3.8) is 0 Å². The van der Waals surface area contributed by atoms with E-state index < -0.39 is 15.3 Å². The average molecular weight is 432 g/mol. The molecule has 1 saturated heterocycles. The topological polar surface area (TPSA) is 70.6 Å². The summed E-state index contributed by atoms with van der Waals surface area (Å²) in [6.07, 6.45) is 0. The van der Waals surface area contributed by atoms with Crippen LogP contribution in [-0.2, 0) is 10.0 Å². The van der Waals surface area contributed by atoms with E-state index in [0.717, 1.165) is 37.6 Å². The summed E-state index contributed by atoms with van der Waals surface area (Å²) in [6.45, 7) is 9.73. The Bertz CT molecular complexity index is 1210. The van der Waals surface area contributed by atoms with Crippen molar-refractivity contribution in [1.82, 2.24) is 9.29 Å². The minimum atomic E-state index is -3.21. The lowest BCUT2D eigenvalue weighted by molar-refractivity contribution is 0.381. The minimum Gasteiger partial charge on any atom is -0.369 e. The molecule has 1 aliphatic carbocycles. The van der Waals surface area contributed by atoms with Gasteiger partial charge in [0, 0.05) is 37.9 Å². The summed E-state index contributed by atoms with van der Waals surface area (Å²) in [5, 5.41) is -0.396. The molecule has 6 nitrogen and oxygen atoms in total. The van der Waals surface area contributed by atoms with Crippen LogP contribution in [0.5, 0.6) is 0 Å². The van der Waals surface area contributed by atoms with Crippen molar-refractivity contribution in [2.75, 3.05) is 31.1 Å². The van der Waals surface area contributed by atoms with Crippen molar-refractivity contribution in [2.45, 2.75) is 32.9 Å². The van der Waals surface area contributed by atoms with Crippen LogP contribution in [0.4, 0.5) is 5.69 Å². The van der Waals surface area contributed by atoms with Crippen molar-refractivity contribution < 1.29 is 8.42 Å². The third-order valence-electron chi connectivity index (χ3n) is 5.49. The predicted molar refractivity (Wildman–Crippen MR) is 120 cm³/mol. The molecule has 0 saturated carbocycles. The van der Waals surface area contributed by atoms with E-state index >= 15 is 0 Å². The van der Waals surface area contributed by atoms with E-state index in [4.69, 9.17) is 4.98 Å². The first-order chi connectivity index (χ1) is 13.7. The lowest BCUT2D eigenvalue weighted by Crippen LogP contribution is -2.50. The van der Waals surface area contributed by atoms with Crippen LogP contribution in [0.2, 0.25) is 0 Å². The summed E-state index contributed by atoms with van der Waals surface area (Å²) in [7, 11) is -3.21. The number of hydrogen-bond donors (Lipinski definition) is 0. The highest BCUT2D eigenvalue weighted by molar-refractivity contribution is 7.89. The number of sulfonamides is 1. The SMILES string of the molecule is Cc1cc(=O)cc2sc3cc(N4CCN(S(=O)(=O)C(C)C)CC4)cc(C)c3nc1-2. The van der Waals surface area contributed by atoms with Gasteiger partial charge >= 0.3 is 0 Å². The number of piperazine rings is 1. The number of benzene rings is 2. The third-order valence-corrected chi connectivity index (χ3v) is 8.83. The van der Waals surface area contributed by atoms with E-state index in [1.165, 1.54) is 0 Å². The standard InChI is InChI=1S/C21H25N3O3S2/c1-13(2)29(26,27)24-7-5-23(6-8-24)16-9-14(3)20-18(11-16)28-19-12-17(25)10-15(4)21(19)22-20/h9-13H,5-8H2,1-4H3. The quantitative estimate of drug-likeness (QED) is 0.596. The number of aromatic nitrogens is 1. The summed E-state index contributed by atoms with van der Waals surface area (Å²) in [5.41, 5.74) is 4.89. The summed E-state index contributed by atoms with van der Waals surface area (Å²) < 4.78 is 27.5. The molecular formula is C21H25N3O3S2. The number of nitrogens with zero attached hydrogens (tertiary/aromatic N) is 3. The summed E-state index contributed by atoms with van der Waals surface area (Å²) in [6, 6.07) is 7.51. The number of hydrogen-bond acceptors (Lipinski definition) is 6. The Morgan fingerprint density at radius 1 is 1.00 bits per heavy atom. The Morgan fingerprint density at radius 2 is 1.69 bits per heavy atom. The fraction of sp³-hybridized carbons (Fsp3) is 0.429. The van der Waals surface area contributed by atoms with Crippen LogP contribution < -0.4 is 10.3 Å². The largest absolute Gasteiger partial charge is 0.369 e. The van der Waals surface area contributed by atoms with Gasteiger partial charge in [0.2, 0.25) is 10.0 Å². The molecule has 8 heteroatoms. The lowest BCUT2D eigenvalue weighted by atomic mass is 10.1. The molecule has 0 unspecified atom stereocenters. The molecule has 3 aliphatic rings. The number of aryl methyl sites for hydroxylation is 2. The number of anilines is 1. The van der Waals surface area contributed by atoms with E-state index in [1.54, 1.807) is 41.6 Å². The molecule has 1 fully saturated rings. The van der Waals surface area contributed by atoms with Gasteiger partial charge in [0.25, 0.3) is 0 Å². The molecule has 2 aliphatic heterocycles. The molecule has 4 rings (SSSR count). The van der Waals surface area contributed by atoms with E-state index in [-0.39, 0.29) is 5.43 Å². The van der Waals surface area contributed by atoms with Gasteiger partial charge in [0.15, 0.2) is 5.43 Å². The van der Waals surface area contributed by atoms with Crippen molar-refractivity contribution in [3.05, 3.63) is 45.6 Å². The van der Waals surface area contributed by atoms with Gasteiger partial charge in [-0.25, -0.2) is 13.4 Å². The van der Waals surface area contributed by atoms with Crippen LogP contribution in [0.3, 0.4) is 0 Å². The zero-order chi connectivity index (χ0) is 20.9. The maximum absolute atomic E-state index is 12.4. The molecule has 0 amide bonds. The van der Waals surface area contributed by atoms with Gasteiger partial charge in [-0.1, -0.05) is 0 Å². The zero-order valence-electron chi connectivity index (χ0n) is 17.1. The predicted octanol–water partition coefficient (Wildman–Crippen LogP) is 3.24. The van der Waals surface area contributed by atoms with E-state index in [9.17, 15) is 13.2 Å². The molecule has 0 spiro atoms. The highest BCUT2D eigenvalue weighted by Gasteiger charge is 2.29. The van der Waals surface area contributed by atoms with Gasteiger partial charge in [0.1, 0.15) is 0 Å². The van der Waals surface area contributed by atoms with E-state index in [0.29, 0.717) is 26.2 Å². The van der Waals surface area contributed by atoms with Crippen LogP contribution in [0.1, 0.15) is 25.0 Å². The smallest absolute Gasteiger partial charge is 0.216 e. The van der Waals surface area contributed by atoms with Gasteiger partial charge in [-0.3, -0.25) is 4.79 Å². The molecule has 1 aromatic rings. The van der Waals surface area contributed by atoms with Crippen LogP contribution >= 0.6 is 11.3 Å². The van der Waals surface area contributed by atoms with Gasteiger partial charge < -0.3 is 4.90 Å². The first-order valence-corrected chi connectivity index (χ1v) is 12.1. The Balaban J connectivity index is 1.69. The fourth-order valence-electron chi connectivity index (χ4n) is 3.80. The van der Waals surface area contributed by atoms with Gasteiger partial charge in [-0.15, -0.1) is 11.3 Å². The van der Waals surface area contributed by atoms with Crippen LogP contribution in [0.15, 0.2) is 29.1 Å². The highest BCUT2D eigenvalue weighted by Crippen LogP contribution is 2.35. The Kier molecular flexibility index (Phi) is 5.13. The fourth-order valence-corrected chi connectivity index (χ4v) is 6.26.